The fourth-order valence-electron chi connectivity index (χ4n) is 14.3. The van der Waals surface area contributed by atoms with Crippen LogP contribution in [0.25, 0.3) is 121 Å². The lowest BCUT2D eigenvalue weighted by molar-refractivity contribution is 0.620. The zero-order chi connectivity index (χ0) is 50.1. The molecule has 18 rings (SSSR count). The summed E-state index contributed by atoms with van der Waals surface area (Å²) in [4.78, 5) is 12.5. The zero-order valence-corrected chi connectivity index (χ0v) is 42.8. The van der Waals surface area contributed by atoms with Gasteiger partial charge in [0.2, 0.25) is 5.89 Å². The highest BCUT2D eigenvalue weighted by molar-refractivity contribution is 7.20. The van der Waals surface area contributed by atoms with Crippen LogP contribution in [-0.2, 0) is 10.8 Å². The molecule has 77 heavy (non-hydrogen) atoms. The molecule has 10 aromatic carbocycles. The van der Waals surface area contributed by atoms with E-state index in [1.165, 1.54) is 130 Å². The van der Waals surface area contributed by atoms with Crippen molar-refractivity contribution in [3.63, 3.8) is 0 Å². The Hall–Kier alpha value is -9.26. The molecule has 4 aromatic heterocycles. The summed E-state index contributed by atoms with van der Waals surface area (Å²) >= 11 is 3.91. The molecular formula is C72H40N2OS2. The lowest BCUT2D eigenvalue weighted by atomic mass is 9.73. The van der Waals surface area contributed by atoms with Gasteiger partial charge in [0.15, 0.2) is 5.58 Å². The van der Waals surface area contributed by atoms with Gasteiger partial charge in [0.25, 0.3) is 0 Å². The predicted octanol–water partition coefficient (Wildman–Crippen LogP) is 19.0. The van der Waals surface area contributed by atoms with Crippen molar-refractivity contribution in [1.82, 2.24) is 9.97 Å². The first kappa shape index (κ1) is 42.0. The maximum Gasteiger partial charge on any atom is 0.227 e. The van der Waals surface area contributed by atoms with Crippen molar-refractivity contribution >= 4 is 53.9 Å². The Kier molecular flexibility index (Phi) is 8.30. The van der Waals surface area contributed by atoms with Crippen LogP contribution in [0.15, 0.2) is 247 Å². The van der Waals surface area contributed by atoms with Gasteiger partial charge in [0.1, 0.15) is 5.52 Å². The quantitative estimate of drug-likeness (QED) is 0.176. The molecule has 2 unspecified atom stereocenters. The molecule has 0 saturated heterocycles. The first-order chi connectivity index (χ1) is 38.2. The lowest BCUT2D eigenvalue weighted by Crippen LogP contribution is -2.24. The van der Waals surface area contributed by atoms with Crippen LogP contribution in [0.2, 0.25) is 0 Å². The summed E-state index contributed by atoms with van der Waals surface area (Å²) < 4.78 is 9.15. The standard InChI is InChI=1S/C72H40N2OS2/c1-5-19-54-46(14-1)51-38-44(32-34-57(51)71(54)58-35-31-43(41-27-29-42(30-28-41)60-23-11-12-37-73-60)39-52(58)67-49-17-4-10-26-63(49)76-69(67)71)45-33-36-64-53(40-45)66-48-16-3-7-21-56(48)72(68(66)77-64)55-20-6-2-15-47(55)65-50(18-13-22-59(65)72)70-74-61-24-8-9-25-62(61)75-70/h1-40H. The summed E-state index contributed by atoms with van der Waals surface area (Å²) in [6.45, 7) is 0. The van der Waals surface area contributed by atoms with Gasteiger partial charge in [-0.05, 0) is 150 Å². The number of benzene rings is 10. The Bertz CT molecular complexity index is 4850. The van der Waals surface area contributed by atoms with E-state index in [0.717, 1.165) is 27.9 Å². The predicted molar refractivity (Wildman–Crippen MR) is 317 cm³/mol. The Labute approximate surface area is 451 Å². The third kappa shape index (κ3) is 5.35. The number of nitrogens with zero attached hydrogens (tertiary/aromatic N) is 2. The summed E-state index contributed by atoms with van der Waals surface area (Å²) in [5.74, 6) is 0.653. The third-order valence-electron chi connectivity index (χ3n) is 17.4. The highest BCUT2D eigenvalue weighted by Gasteiger charge is 2.55. The number of para-hydroxylation sites is 2. The second-order valence-corrected chi connectivity index (χ2v) is 23.1. The number of fused-ring (bicyclic) bond motifs is 25. The first-order valence-electron chi connectivity index (χ1n) is 26.4. The van der Waals surface area contributed by atoms with Crippen LogP contribution in [-0.4, -0.2) is 9.97 Å². The summed E-state index contributed by atoms with van der Waals surface area (Å²) in [5, 5.41) is 2.62. The molecule has 2 spiro atoms. The van der Waals surface area contributed by atoms with Gasteiger partial charge in [0, 0.05) is 58.4 Å². The average Bonchev–Trinajstić information content (AvgIpc) is 4.29. The van der Waals surface area contributed by atoms with Crippen molar-refractivity contribution in [3.8, 4) is 89.5 Å². The summed E-state index contributed by atoms with van der Waals surface area (Å²) in [5.41, 5.74) is 27.0. The molecular weight excluding hydrogens is 973 g/mol. The molecule has 14 aromatic rings. The third-order valence-corrected chi connectivity index (χ3v) is 20.0. The number of oxazole rings is 1. The minimum atomic E-state index is -0.496. The van der Waals surface area contributed by atoms with Crippen LogP contribution in [0, 0.1) is 0 Å². The molecule has 4 aliphatic carbocycles. The second kappa shape index (κ2) is 15.2. The van der Waals surface area contributed by atoms with E-state index in [2.05, 4.69) is 205 Å². The molecule has 0 bridgehead atoms. The Morgan fingerprint density at radius 2 is 0.870 bits per heavy atom. The van der Waals surface area contributed by atoms with Crippen molar-refractivity contribution in [1.29, 1.82) is 0 Å². The molecule has 356 valence electrons. The molecule has 0 aliphatic heterocycles. The minimum Gasteiger partial charge on any atom is -0.436 e. The van der Waals surface area contributed by atoms with Gasteiger partial charge in [-0.1, -0.05) is 176 Å². The maximum atomic E-state index is 6.53. The van der Waals surface area contributed by atoms with Crippen LogP contribution in [0.3, 0.4) is 0 Å². The van der Waals surface area contributed by atoms with E-state index in [-0.39, 0.29) is 0 Å². The second-order valence-electron chi connectivity index (χ2n) is 21.0. The molecule has 0 N–H and O–H groups in total. The number of hydrogen-bond donors (Lipinski definition) is 0. The van der Waals surface area contributed by atoms with Gasteiger partial charge in [0.05, 0.1) is 16.5 Å². The SMILES string of the molecule is c1ccc(-c2ccc(-c3ccc4c(c3)-c3c(sc5ccccc35)C43c4ccccc4-c4cc(-c5ccc6sc7c(c6c5)-c5ccccc5C75c6ccccc6-c6c(-c7nc8ccccc8o7)cccc65)ccc43)cc2)nc1. The van der Waals surface area contributed by atoms with Crippen molar-refractivity contribution in [2.45, 2.75) is 10.8 Å². The number of rotatable bonds is 4. The van der Waals surface area contributed by atoms with Gasteiger partial charge >= 0.3 is 0 Å². The highest BCUT2D eigenvalue weighted by Crippen LogP contribution is 2.69. The van der Waals surface area contributed by atoms with Crippen LogP contribution in [0.1, 0.15) is 43.1 Å². The van der Waals surface area contributed by atoms with Gasteiger partial charge in [-0.15, -0.1) is 22.7 Å². The molecule has 3 nitrogen and oxygen atoms in total. The van der Waals surface area contributed by atoms with Crippen LogP contribution >= 0.6 is 22.7 Å². The first-order valence-corrected chi connectivity index (χ1v) is 28.0. The largest absolute Gasteiger partial charge is 0.436 e. The maximum absolute atomic E-state index is 6.53. The molecule has 0 fully saturated rings. The van der Waals surface area contributed by atoms with E-state index in [1.54, 1.807) is 0 Å². The molecule has 0 radical (unpaired) electrons. The van der Waals surface area contributed by atoms with Crippen molar-refractivity contribution in [2.24, 2.45) is 0 Å². The Morgan fingerprint density at radius 3 is 1.65 bits per heavy atom. The van der Waals surface area contributed by atoms with Gasteiger partial charge in [-0.25, -0.2) is 4.98 Å². The molecule has 0 amide bonds. The molecule has 4 aliphatic rings. The topological polar surface area (TPSA) is 38.9 Å². The number of pyridine rings is 1. The fourth-order valence-corrected chi connectivity index (χ4v) is 17.2. The monoisotopic (exact) mass is 1010 g/mol. The summed E-state index contributed by atoms with van der Waals surface area (Å²) in [6.07, 6.45) is 1.86. The van der Waals surface area contributed by atoms with E-state index in [4.69, 9.17) is 9.40 Å². The van der Waals surface area contributed by atoms with Gasteiger partial charge in [-0.2, -0.15) is 0 Å². The normalized spacial score (nSPS) is 16.7. The summed E-state index contributed by atoms with van der Waals surface area (Å²) in [6, 6.07) is 88.0. The number of aromatic nitrogens is 2. The fraction of sp³-hybridized carbons (Fsp3) is 0.0278. The van der Waals surface area contributed by atoms with Crippen LogP contribution in [0.5, 0.6) is 0 Å². The lowest BCUT2D eigenvalue weighted by Gasteiger charge is -2.29. The molecule has 4 heterocycles. The van der Waals surface area contributed by atoms with Gasteiger partial charge in [-0.3, -0.25) is 4.98 Å². The number of thiophene rings is 2. The van der Waals surface area contributed by atoms with E-state index in [0.29, 0.717) is 5.89 Å². The molecule has 0 saturated carbocycles. The van der Waals surface area contributed by atoms with E-state index in [1.807, 2.05) is 65.3 Å². The van der Waals surface area contributed by atoms with Crippen molar-refractivity contribution < 1.29 is 4.42 Å². The van der Waals surface area contributed by atoms with Crippen molar-refractivity contribution in [3.05, 3.63) is 286 Å². The van der Waals surface area contributed by atoms with Gasteiger partial charge < -0.3 is 4.42 Å². The van der Waals surface area contributed by atoms with Crippen molar-refractivity contribution in [2.75, 3.05) is 0 Å². The molecule has 5 heteroatoms. The van der Waals surface area contributed by atoms with E-state index >= 15 is 0 Å². The zero-order valence-electron chi connectivity index (χ0n) is 41.2. The Balaban J connectivity index is 0.803. The molecule has 2 atom stereocenters. The number of hydrogen-bond acceptors (Lipinski definition) is 5. The van der Waals surface area contributed by atoms with E-state index in [9.17, 15) is 0 Å². The highest BCUT2D eigenvalue weighted by atomic mass is 32.1. The smallest absolute Gasteiger partial charge is 0.227 e. The van der Waals surface area contributed by atoms with E-state index < -0.39 is 10.8 Å². The van der Waals surface area contributed by atoms with Crippen LogP contribution < -0.4 is 0 Å². The van der Waals surface area contributed by atoms with Crippen LogP contribution in [0.4, 0.5) is 0 Å². The minimum absolute atomic E-state index is 0.454. The average molecular weight is 1010 g/mol. The Morgan fingerprint density at radius 1 is 0.338 bits per heavy atom. The summed E-state index contributed by atoms with van der Waals surface area (Å²) in [7, 11) is 0.